The van der Waals surface area contributed by atoms with Gasteiger partial charge in [-0.25, -0.2) is 4.79 Å². The third-order valence-corrected chi connectivity index (χ3v) is 2.95. The highest BCUT2D eigenvalue weighted by Crippen LogP contribution is 2.02. The number of unbranched alkanes of at least 4 members (excludes halogenated alkanes) is 1. The first-order valence-corrected chi connectivity index (χ1v) is 7.06. The van der Waals surface area contributed by atoms with E-state index >= 15 is 0 Å². The summed E-state index contributed by atoms with van der Waals surface area (Å²) in [6.45, 7) is 0.785. The van der Waals surface area contributed by atoms with Crippen LogP contribution in [0.4, 0.5) is 4.79 Å². The maximum atomic E-state index is 11.4. The fourth-order valence-electron chi connectivity index (χ4n) is 1.86. The molecule has 0 aromatic heterocycles. The Balaban J connectivity index is 2.02. The van der Waals surface area contributed by atoms with Gasteiger partial charge in [0.1, 0.15) is 6.61 Å². The number of nitrogens with two attached hydrogens (primary N) is 2. The highest BCUT2D eigenvalue weighted by atomic mass is 16.5. The Bertz CT molecular complexity index is 437. The van der Waals surface area contributed by atoms with Crippen molar-refractivity contribution in [3.63, 3.8) is 0 Å². The molecule has 116 valence electrons. The lowest BCUT2D eigenvalue weighted by Gasteiger charge is -2.09. The first-order chi connectivity index (χ1) is 10.1. The minimum atomic E-state index is -0.430. The van der Waals surface area contributed by atoms with Gasteiger partial charge in [0, 0.05) is 19.0 Å². The molecular weight excluding hydrogens is 270 g/mol. The maximum Gasteiger partial charge on any atom is 0.407 e. The summed E-state index contributed by atoms with van der Waals surface area (Å²) in [7, 11) is 0. The zero-order valence-corrected chi connectivity index (χ0v) is 12.1. The van der Waals surface area contributed by atoms with Gasteiger partial charge < -0.3 is 21.5 Å². The van der Waals surface area contributed by atoms with Gasteiger partial charge in [-0.1, -0.05) is 36.8 Å². The second-order valence-corrected chi connectivity index (χ2v) is 4.91. The fraction of sp³-hybridized carbons (Fsp3) is 0.467. The first-order valence-electron chi connectivity index (χ1n) is 7.06. The minimum absolute atomic E-state index is 0.201. The summed E-state index contributed by atoms with van der Waals surface area (Å²) in [5, 5.41) is 2.67. The fourth-order valence-corrected chi connectivity index (χ4v) is 1.86. The van der Waals surface area contributed by atoms with Crippen LogP contribution in [0, 0.1) is 0 Å². The van der Waals surface area contributed by atoms with Crippen LogP contribution in [0.3, 0.4) is 0 Å². The molecule has 0 bridgehead atoms. The Labute approximate surface area is 124 Å². The van der Waals surface area contributed by atoms with Gasteiger partial charge in [-0.15, -0.1) is 0 Å². The molecule has 1 aromatic carbocycles. The minimum Gasteiger partial charge on any atom is -0.445 e. The van der Waals surface area contributed by atoms with E-state index in [9.17, 15) is 9.59 Å². The van der Waals surface area contributed by atoms with E-state index in [2.05, 4.69) is 5.32 Å². The summed E-state index contributed by atoms with van der Waals surface area (Å²) < 4.78 is 5.07. The van der Waals surface area contributed by atoms with Gasteiger partial charge >= 0.3 is 6.09 Å². The highest BCUT2D eigenvalue weighted by molar-refractivity contribution is 5.74. The van der Waals surface area contributed by atoms with Crippen LogP contribution in [0.5, 0.6) is 0 Å². The van der Waals surface area contributed by atoms with Gasteiger partial charge in [-0.3, -0.25) is 4.79 Å². The largest absolute Gasteiger partial charge is 0.445 e. The Morgan fingerprint density at radius 2 is 1.90 bits per heavy atom. The average molecular weight is 293 g/mol. The van der Waals surface area contributed by atoms with Crippen molar-refractivity contribution in [1.29, 1.82) is 0 Å². The molecular formula is C15H23N3O3. The maximum absolute atomic E-state index is 11.4. The third kappa shape index (κ3) is 8.65. The molecule has 5 N–H and O–H groups in total. The quantitative estimate of drug-likeness (QED) is 0.596. The van der Waals surface area contributed by atoms with E-state index in [0.29, 0.717) is 13.0 Å². The zero-order valence-electron chi connectivity index (χ0n) is 12.1. The summed E-state index contributed by atoms with van der Waals surface area (Å²) >= 11 is 0. The predicted molar refractivity (Wildman–Crippen MR) is 80.3 cm³/mol. The van der Waals surface area contributed by atoms with Crippen LogP contribution in [0.2, 0.25) is 0 Å². The van der Waals surface area contributed by atoms with Crippen molar-refractivity contribution in [3.8, 4) is 0 Å². The lowest BCUT2D eigenvalue weighted by Crippen LogP contribution is -2.28. The number of carbonyl (C=O) groups is 2. The second-order valence-electron chi connectivity index (χ2n) is 4.91. The molecule has 0 unspecified atom stereocenters. The van der Waals surface area contributed by atoms with Crippen molar-refractivity contribution in [2.24, 2.45) is 11.5 Å². The first kappa shape index (κ1) is 17.0. The van der Waals surface area contributed by atoms with Crippen LogP contribution >= 0.6 is 0 Å². The smallest absolute Gasteiger partial charge is 0.407 e. The Kier molecular flexibility index (Phi) is 7.89. The van der Waals surface area contributed by atoms with E-state index in [-0.39, 0.29) is 25.0 Å². The second kappa shape index (κ2) is 9.77. The van der Waals surface area contributed by atoms with Crippen LogP contribution in [-0.2, 0) is 16.1 Å². The number of amides is 2. The number of hydrogen-bond acceptors (Lipinski definition) is 4. The molecule has 0 radical (unpaired) electrons. The van der Waals surface area contributed by atoms with Gasteiger partial charge in [0.05, 0.1) is 0 Å². The molecule has 0 heterocycles. The lowest BCUT2D eigenvalue weighted by molar-refractivity contribution is -0.118. The topological polar surface area (TPSA) is 107 Å². The molecule has 2 amide bonds. The number of carbonyl (C=O) groups excluding carboxylic acids is 2. The van der Waals surface area contributed by atoms with E-state index in [1.54, 1.807) is 0 Å². The molecule has 1 atom stereocenters. The molecule has 21 heavy (non-hydrogen) atoms. The molecule has 6 heteroatoms. The van der Waals surface area contributed by atoms with Gasteiger partial charge in [0.15, 0.2) is 0 Å². The molecule has 6 nitrogen and oxygen atoms in total. The number of primary amides is 1. The van der Waals surface area contributed by atoms with E-state index in [4.69, 9.17) is 16.2 Å². The molecule has 0 saturated heterocycles. The SMILES string of the molecule is NC(=O)C[C@@H](N)CCCCNC(=O)OCc1ccccc1. The van der Waals surface area contributed by atoms with Crippen molar-refractivity contribution in [2.75, 3.05) is 6.54 Å². The molecule has 1 rings (SSSR count). The van der Waals surface area contributed by atoms with Crippen LogP contribution in [0.15, 0.2) is 30.3 Å². The van der Waals surface area contributed by atoms with Crippen LogP contribution in [0.25, 0.3) is 0 Å². The summed E-state index contributed by atoms with van der Waals surface area (Å²) in [4.78, 5) is 22.1. The molecule has 1 aromatic rings. The molecule has 0 saturated carbocycles. The van der Waals surface area contributed by atoms with E-state index in [0.717, 1.165) is 18.4 Å². The predicted octanol–water partition coefficient (Wildman–Crippen LogP) is 1.29. The lowest BCUT2D eigenvalue weighted by atomic mass is 10.1. The Hall–Kier alpha value is -2.08. The van der Waals surface area contributed by atoms with Crippen LogP contribution < -0.4 is 16.8 Å². The summed E-state index contributed by atoms with van der Waals surface area (Å²) in [5.74, 6) is -0.384. The number of benzene rings is 1. The number of rotatable bonds is 9. The summed E-state index contributed by atoms with van der Waals surface area (Å²) in [6.07, 6.45) is 2.09. The molecule has 0 aliphatic rings. The van der Waals surface area contributed by atoms with Crippen LogP contribution in [-0.4, -0.2) is 24.6 Å². The normalized spacial score (nSPS) is 11.7. The molecule has 0 fully saturated rings. The number of nitrogens with one attached hydrogen (secondary N) is 1. The van der Waals surface area contributed by atoms with Gasteiger partial charge in [0.2, 0.25) is 5.91 Å². The van der Waals surface area contributed by atoms with E-state index in [1.165, 1.54) is 0 Å². The van der Waals surface area contributed by atoms with Gasteiger partial charge in [0.25, 0.3) is 0 Å². The van der Waals surface area contributed by atoms with Crippen LogP contribution in [0.1, 0.15) is 31.2 Å². The zero-order chi connectivity index (χ0) is 15.5. The molecule has 0 aliphatic heterocycles. The van der Waals surface area contributed by atoms with Crippen molar-refractivity contribution in [3.05, 3.63) is 35.9 Å². The van der Waals surface area contributed by atoms with Crippen molar-refractivity contribution >= 4 is 12.0 Å². The average Bonchev–Trinajstić information content (AvgIpc) is 2.45. The number of alkyl carbamates (subject to hydrolysis) is 1. The summed E-state index contributed by atoms with van der Waals surface area (Å²) in [6, 6.07) is 9.29. The number of hydrogen-bond donors (Lipinski definition) is 3. The Morgan fingerprint density at radius 3 is 2.57 bits per heavy atom. The molecule has 0 aliphatic carbocycles. The van der Waals surface area contributed by atoms with Crippen molar-refractivity contribution in [1.82, 2.24) is 5.32 Å². The van der Waals surface area contributed by atoms with Crippen molar-refractivity contribution < 1.29 is 14.3 Å². The Morgan fingerprint density at radius 1 is 1.19 bits per heavy atom. The highest BCUT2D eigenvalue weighted by Gasteiger charge is 2.06. The number of ether oxygens (including phenoxy) is 1. The third-order valence-electron chi connectivity index (χ3n) is 2.95. The monoisotopic (exact) mass is 293 g/mol. The standard InChI is InChI=1S/C15H23N3O3/c16-13(10-14(17)19)8-4-5-9-18-15(20)21-11-12-6-2-1-3-7-12/h1-3,6-7,13H,4-5,8-11,16H2,(H2,17,19)(H,18,20)/t13-/m0/s1. The van der Waals surface area contributed by atoms with E-state index in [1.807, 2.05) is 30.3 Å². The van der Waals surface area contributed by atoms with Crippen molar-refractivity contribution in [2.45, 2.75) is 38.3 Å². The van der Waals surface area contributed by atoms with Gasteiger partial charge in [-0.2, -0.15) is 0 Å². The van der Waals surface area contributed by atoms with Gasteiger partial charge in [-0.05, 0) is 18.4 Å². The van der Waals surface area contributed by atoms with E-state index < -0.39 is 6.09 Å². The molecule has 0 spiro atoms. The summed E-state index contributed by atoms with van der Waals surface area (Å²) in [5.41, 5.74) is 11.7.